The maximum Gasteiger partial charge on any atom is 0.254 e. The zero-order chi connectivity index (χ0) is 18.5. The zero-order valence-electron chi connectivity index (χ0n) is 12.7. The van der Waals surface area contributed by atoms with Crippen LogP contribution in [0.1, 0.15) is 16.6 Å². The molecule has 0 saturated carbocycles. The van der Waals surface area contributed by atoms with Gasteiger partial charge in [0.2, 0.25) is 11.4 Å². The molecule has 4 atom stereocenters. The molecule has 3 heterocycles. The fourth-order valence-electron chi connectivity index (χ4n) is 2.76. The van der Waals surface area contributed by atoms with Crippen LogP contribution in [0.15, 0.2) is 11.0 Å². The first-order valence-corrected chi connectivity index (χ1v) is 7.16. The maximum absolute atomic E-state index is 12.4. The van der Waals surface area contributed by atoms with E-state index in [1.165, 1.54) is 0 Å². The van der Waals surface area contributed by atoms with Gasteiger partial charge in [-0.3, -0.25) is 9.59 Å². The summed E-state index contributed by atoms with van der Waals surface area (Å²) in [6, 6.07) is 0. The molecule has 0 spiro atoms. The molecule has 134 valence electrons. The Morgan fingerprint density at radius 2 is 1.96 bits per heavy atom. The fraction of sp³-hybridized carbons (Fsp3) is 0.385. The van der Waals surface area contributed by atoms with E-state index in [9.17, 15) is 24.9 Å². The molecule has 1 fully saturated rings. The largest absolute Gasteiger partial charge is 0.394 e. The summed E-state index contributed by atoms with van der Waals surface area (Å²) in [4.78, 5) is 31.6. The van der Waals surface area contributed by atoms with Gasteiger partial charge in [0, 0.05) is 6.20 Å². The number of hydrogen-bond acceptors (Lipinski definition) is 10. The van der Waals surface area contributed by atoms with Gasteiger partial charge in [-0.1, -0.05) is 0 Å². The zero-order valence-corrected chi connectivity index (χ0v) is 12.7. The number of carbonyl (C=O) groups excluding carboxylic acids is 1. The minimum absolute atomic E-state index is 0.116. The maximum atomic E-state index is 12.4. The van der Waals surface area contributed by atoms with E-state index in [4.69, 9.17) is 21.9 Å². The van der Waals surface area contributed by atoms with E-state index in [1.54, 1.807) is 0 Å². The molecule has 3 rings (SSSR count). The molecule has 2 aromatic rings. The number of hydrogen-bond donors (Lipinski definition) is 6. The summed E-state index contributed by atoms with van der Waals surface area (Å²) in [5, 5.41) is 29.1. The van der Waals surface area contributed by atoms with Crippen molar-refractivity contribution in [2.45, 2.75) is 24.5 Å². The Morgan fingerprint density at radius 3 is 2.52 bits per heavy atom. The van der Waals surface area contributed by atoms with Crippen LogP contribution < -0.4 is 22.6 Å². The monoisotopic (exact) mass is 352 g/mol. The van der Waals surface area contributed by atoms with E-state index in [0.717, 1.165) is 10.8 Å². The normalized spacial score (nSPS) is 26.2. The number of ether oxygens (including phenoxy) is 1. The van der Waals surface area contributed by atoms with Crippen LogP contribution in [0.2, 0.25) is 0 Å². The molecule has 0 unspecified atom stereocenters. The lowest BCUT2D eigenvalue weighted by Gasteiger charge is -2.21. The molecular formula is C13H16N6O6. The molecular weight excluding hydrogens is 336 g/mol. The van der Waals surface area contributed by atoms with E-state index >= 15 is 0 Å². The van der Waals surface area contributed by atoms with Crippen LogP contribution in [0.3, 0.4) is 0 Å². The van der Waals surface area contributed by atoms with Crippen molar-refractivity contribution < 1.29 is 24.9 Å². The number of amides is 1. The number of nitrogen functional groups attached to an aromatic ring is 2. The van der Waals surface area contributed by atoms with Gasteiger partial charge in [-0.2, -0.15) is 9.97 Å². The van der Waals surface area contributed by atoms with Crippen LogP contribution in [0, 0.1) is 0 Å². The van der Waals surface area contributed by atoms with Crippen molar-refractivity contribution in [1.29, 1.82) is 0 Å². The fourth-order valence-corrected chi connectivity index (χ4v) is 2.76. The Bertz CT molecular complexity index is 914. The highest BCUT2D eigenvalue weighted by Crippen LogP contribution is 2.31. The number of anilines is 2. The number of nitrogens with zero attached hydrogens (tertiary/aromatic N) is 3. The van der Waals surface area contributed by atoms with E-state index in [0.29, 0.717) is 0 Å². The van der Waals surface area contributed by atoms with Crippen molar-refractivity contribution in [3.63, 3.8) is 0 Å². The first-order chi connectivity index (χ1) is 11.8. The van der Waals surface area contributed by atoms with Crippen LogP contribution in [0.25, 0.3) is 11.0 Å². The summed E-state index contributed by atoms with van der Waals surface area (Å²) in [5.41, 5.74) is 15.1. The van der Waals surface area contributed by atoms with Gasteiger partial charge in [0.15, 0.2) is 11.9 Å². The number of aromatic nitrogens is 3. The van der Waals surface area contributed by atoms with Gasteiger partial charge in [-0.15, -0.1) is 0 Å². The van der Waals surface area contributed by atoms with Crippen LogP contribution in [0.5, 0.6) is 0 Å². The summed E-state index contributed by atoms with van der Waals surface area (Å²) < 4.78 is 6.51. The Hall–Kier alpha value is -2.80. The van der Waals surface area contributed by atoms with Crippen molar-refractivity contribution in [2.24, 2.45) is 5.73 Å². The Balaban J connectivity index is 2.33. The molecule has 1 amide bonds. The smallest absolute Gasteiger partial charge is 0.254 e. The molecule has 0 bridgehead atoms. The number of fused-ring (bicyclic) bond motifs is 1. The Labute approximate surface area is 139 Å². The minimum Gasteiger partial charge on any atom is -0.394 e. The lowest BCUT2D eigenvalue weighted by Crippen LogP contribution is -2.34. The molecule has 1 aliphatic rings. The molecule has 1 aliphatic heterocycles. The second-order valence-corrected chi connectivity index (χ2v) is 5.54. The third-order valence-corrected chi connectivity index (χ3v) is 3.98. The number of aliphatic hydroxyl groups excluding tert-OH is 3. The molecule has 0 aliphatic carbocycles. The number of rotatable bonds is 3. The van der Waals surface area contributed by atoms with Gasteiger partial charge >= 0.3 is 0 Å². The standard InChI is InChI=1S/C13H16N6O6/c14-9-5-6(21)3(10(15)24)1-19(11(5)18-13(16)17-9)12-8(23)7(22)4(2-20)25-12/h1,4,7-8,12,20,22-23H,2H2,(H2,15,24)(H4,14,16,17,18)/t4-,7+,8+,12-/m0/s1. The van der Waals surface area contributed by atoms with Crippen molar-refractivity contribution in [3.8, 4) is 0 Å². The van der Waals surface area contributed by atoms with Crippen molar-refractivity contribution in [3.05, 3.63) is 22.0 Å². The molecule has 12 heteroatoms. The van der Waals surface area contributed by atoms with E-state index in [-0.39, 0.29) is 22.8 Å². The summed E-state index contributed by atoms with van der Waals surface area (Å²) in [6.45, 7) is -0.561. The lowest BCUT2D eigenvalue weighted by atomic mass is 10.1. The Morgan fingerprint density at radius 1 is 1.28 bits per heavy atom. The van der Waals surface area contributed by atoms with Crippen LogP contribution in [-0.4, -0.2) is 60.7 Å². The minimum atomic E-state index is -1.49. The SMILES string of the molecule is NC(=O)c1cn([C@H]2O[C@@H](CO)[C@@H](O)[C@H]2O)c2nc(N)nc(N)c2c1=O. The van der Waals surface area contributed by atoms with Crippen LogP contribution in [0.4, 0.5) is 11.8 Å². The van der Waals surface area contributed by atoms with Gasteiger partial charge in [0.05, 0.1) is 6.61 Å². The highest BCUT2D eigenvalue weighted by Gasteiger charge is 2.44. The van der Waals surface area contributed by atoms with Gasteiger partial charge in [0.25, 0.3) is 5.91 Å². The van der Waals surface area contributed by atoms with Gasteiger partial charge in [0.1, 0.15) is 35.1 Å². The number of aliphatic hydroxyl groups is 3. The van der Waals surface area contributed by atoms with Gasteiger partial charge in [-0.05, 0) is 0 Å². The number of nitrogens with two attached hydrogens (primary N) is 3. The van der Waals surface area contributed by atoms with Crippen molar-refractivity contribution in [2.75, 3.05) is 18.1 Å². The second-order valence-electron chi connectivity index (χ2n) is 5.54. The van der Waals surface area contributed by atoms with E-state index in [2.05, 4.69) is 9.97 Å². The van der Waals surface area contributed by atoms with Gasteiger partial charge < -0.3 is 41.8 Å². The molecule has 12 nitrogen and oxygen atoms in total. The topological polar surface area (TPSA) is 213 Å². The quantitative estimate of drug-likeness (QED) is 0.323. The molecule has 0 aromatic carbocycles. The average Bonchev–Trinajstić information content (AvgIpc) is 2.82. The van der Waals surface area contributed by atoms with Crippen LogP contribution in [-0.2, 0) is 4.74 Å². The van der Waals surface area contributed by atoms with Gasteiger partial charge in [-0.25, -0.2) is 0 Å². The lowest BCUT2D eigenvalue weighted by molar-refractivity contribution is -0.0511. The van der Waals surface area contributed by atoms with E-state index in [1.807, 2.05) is 0 Å². The molecule has 0 radical (unpaired) electrons. The summed E-state index contributed by atoms with van der Waals surface area (Å²) in [7, 11) is 0. The Kier molecular flexibility index (Phi) is 4.04. The van der Waals surface area contributed by atoms with E-state index < -0.39 is 48.0 Å². The molecule has 1 saturated heterocycles. The first-order valence-electron chi connectivity index (χ1n) is 7.16. The molecule has 2 aromatic heterocycles. The number of pyridine rings is 1. The van der Waals surface area contributed by atoms with Crippen molar-refractivity contribution in [1.82, 2.24) is 14.5 Å². The van der Waals surface area contributed by atoms with Crippen LogP contribution >= 0.6 is 0 Å². The molecule has 9 N–H and O–H groups in total. The molecule has 25 heavy (non-hydrogen) atoms. The third kappa shape index (κ3) is 2.56. The first kappa shape index (κ1) is 17.0. The summed E-state index contributed by atoms with van der Waals surface area (Å²) in [6.07, 6.45) is -4.22. The highest BCUT2D eigenvalue weighted by molar-refractivity contribution is 5.98. The number of primary amides is 1. The second kappa shape index (κ2) is 5.93. The highest BCUT2D eigenvalue weighted by atomic mass is 16.6. The predicted octanol–water partition coefficient (Wildman–Crippen LogP) is -3.33. The van der Waals surface area contributed by atoms with Crippen molar-refractivity contribution >= 4 is 28.7 Å². The third-order valence-electron chi connectivity index (χ3n) is 3.98. The summed E-state index contributed by atoms with van der Waals surface area (Å²) in [5.74, 6) is -1.57. The summed E-state index contributed by atoms with van der Waals surface area (Å²) >= 11 is 0. The number of carbonyl (C=O) groups is 1. The average molecular weight is 352 g/mol. The predicted molar refractivity (Wildman–Crippen MR) is 84.2 cm³/mol.